The van der Waals surface area contributed by atoms with E-state index in [9.17, 15) is 4.79 Å². The van der Waals surface area contributed by atoms with Gasteiger partial charge in [-0.15, -0.1) is 0 Å². The molecule has 106 valence electrons. The molecular formula is C15H15N5O. The molecule has 0 bridgehead atoms. The molecule has 0 aromatic carbocycles. The van der Waals surface area contributed by atoms with Crippen LogP contribution in [0.4, 0.5) is 5.95 Å². The molecule has 0 radical (unpaired) electrons. The first-order chi connectivity index (χ1) is 10.3. The van der Waals surface area contributed by atoms with Gasteiger partial charge in [-0.3, -0.25) is 9.78 Å². The van der Waals surface area contributed by atoms with Gasteiger partial charge in [0.05, 0.1) is 29.5 Å². The Morgan fingerprint density at radius 3 is 2.95 bits per heavy atom. The molecule has 0 unspecified atom stereocenters. The molecule has 0 spiro atoms. The fourth-order valence-electron chi connectivity index (χ4n) is 3.06. The Kier molecular flexibility index (Phi) is 2.80. The lowest BCUT2D eigenvalue weighted by Gasteiger charge is -2.24. The maximum absolute atomic E-state index is 11.6. The lowest BCUT2D eigenvalue weighted by Crippen LogP contribution is -2.25. The van der Waals surface area contributed by atoms with Crippen LogP contribution >= 0.6 is 0 Å². The van der Waals surface area contributed by atoms with Crippen molar-refractivity contribution in [2.45, 2.75) is 25.4 Å². The molecule has 1 amide bonds. The Morgan fingerprint density at radius 1 is 1.24 bits per heavy atom. The summed E-state index contributed by atoms with van der Waals surface area (Å²) in [5.41, 5.74) is 2.53. The highest BCUT2D eigenvalue weighted by Gasteiger charge is 2.30. The number of hydrogen-bond donors (Lipinski definition) is 1. The van der Waals surface area contributed by atoms with Gasteiger partial charge in [-0.1, -0.05) is 0 Å². The number of nitrogens with one attached hydrogen (secondary N) is 1. The largest absolute Gasteiger partial charge is 0.346 e. The highest BCUT2D eigenvalue weighted by Crippen LogP contribution is 2.33. The van der Waals surface area contributed by atoms with Gasteiger partial charge in [0.15, 0.2) is 0 Å². The van der Waals surface area contributed by atoms with E-state index in [0.717, 1.165) is 36.7 Å². The Hall–Kier alpha value is -2.50. The zero-order valence-corrected chi connectivity index (χ0v) is 11.5. The van der Waals surface area contributed by atoms with Crippen LogP contribution in [0.25, 0.3) is 0 Å². The number of aromatic nitrogens is 3. The number of carbonyl (C=O) groups is 1. The zero-order chi connectivity index (χ0) is 14.2. The van der Waals surface area contributed by atoms with Crippen molar-refractivity contribution in [2.24, 2.45) is 0 Å². The first-order valence-electron chi connectivity index (χ1n) is 7.14. The van der Waals surface area contributed by atoms with E-state index in [1.807, 2.05) is 18.2 Å². The van der Waals surface area contributed by atoms with Crippen molar-refractivity contribution < 1.29 is 4.79 Å². The molecule has 2 aliphatic heterocycles. The van der Waals surface area contributed by atoms with Crippen LogP contribution in [-0.4, -0.2) is 27.4 Å². The van der Waals surface area contributed by atoms with Crippen LogP contribution in [0.3, 0.4) is 0 Å². The normalized spacial score (nSPS) is 20.5. The average molecular weight is 281 g/mol. The fourth-order valence-corrected chi connectivity index (χ4v) is 3.06. The molecule has 0 saturated carbocycles. The standard InChI is InChI=1S/C15H15N5O/c21-14-10-4-5-11(19-12(10)9-18-14)13-3-1-8-20(13)15-16-6-2-7-17-15/h2,4-7,13H,1,3,8-9H2,(H,18,21)/t13-/m0/s1. The molecule has 1 fully saturated rings. The first kappa shape index (κ1) is 12.3. The summed E-state index contributed by atoms with van der Waals surface area (Å²) in [6, 6.07) is 5.84. The van der Waals surface area contributed by atoms with Gasteiger partial charge in [-0.25, -0.2) is 9.97 Å². The van der Waals surface area contributed by atoms with Crippen LogP contribution in [0, 0.1) is 0 Å². The summed E-state index contributed by atoms with van der Waals surface area (Å²) in [5, 5.41) is 2.81. The predicted octanol–water partition coefficient (Wildman–Crippen LogP) is 1.46. The number of fused-ring (bicyclic) bond motifs is 1. The van der Waals surface area contributed by atoms with Gasteiger partial charge in [0.1, 0.15) is 0 Å². The summed E-state index contributed by atoms with van der Waals surface area (Å²) >= 11 is 0. The van der Waals surface area contributed by atoms with Gasteiger partial charge in [-0.2, -0.15) is 0 Å². The number of pyridine rings is 1. The highest BCUT2D eigenvalue weighted by atomic mass is 16.1. The summed E-state index contributed by atoms with van der Waals surface area (Å²) in [4.78, 5) is 27.2. The molecule has 4 rings (SSSR count). The van der Waals surface area contributed by atoms with E-state index < -0.39 is 0 Å². The number of amides is 1. The topological polar surface area (TPSA) is 71.0 Å². The second kappa shape index (κ2) is 4.80. The number of anilines is 1. The van der Waals surface area contributed by atoms with Crippen LogP contribution < -0.4 is 10.2 Å². The van der Waals surface area contributed by atoms with Crippen molar-refractivity contribution in [3.8, 4) is 0 Å². The first-order valence-corrected chi connectivity index (χ1v) is 7.14. The third kappa shape index (κ3) is 2.03. The molecule has 2 aromatic rings. The van der Waals surface area contributed by atoms with Crippen molar-refractivity contribution in [2.75, 3.05) is 11.4 Å². The smallest absolute Gasteiger partial charge is 0.253 e. The predicted molar refractivity (Wildman–Crippen MR) is 76.8 cm³/mol. The van der Waals surface area contributed by atoms with Crippen molar-refractivity contribution in [1.82, 2.24) is 20.3 Å². The number of rotatable bonds is 2. The molecule has 6 nitrogen and oxygen atoms in total. The second-order valence-corrected chi connectivity index (χ2v) is 5.31. The van der Waals surface area contributed by atoms with E-state index >= 15 is 0 Å². The minimum atomic E-state index is -0.0290. The molecule has 2 aromatic heterocycles. The molecule has 1 saturated heterocycles. The van der Waals surface area contributed by atoms with Gasteiger partial charge < -0.3 is 10.2 Å². The van der Waals surface area contributed by atoms with Gasteiger partial charge >= 0.3 is 0 Å². The summed E-state index contributed by atoms with van der Waals surface area (Å²) in [6.45, 7) is 1.46. The maximum atomic E-state index is 11.6. The van der Waals surface area contributed by atoms with E-state index in [1.54, 1.807) is 12.4 Å². The number of nitrogens with zero attached hydrogens (tertiary/aromatic N) is 4. The summed E-state index contributed by atoms with van der Waals surface area (Å²) in [6.07, 6.45) is 5.65. The van der Waals surface area contributed by atoms with Crippen molar-refractivity contribution in [1.29, 1.82) is 0 Å². The van der Waals surface area contributed by atoms with Crippen LogP contribution in [-0.2, 0) is 6.54 Å². The lowest BCUT2D eigenvalue weighted by atomic mass is 10.1. The van der Waals surface area contributed by atoms with E-state index in [-0.39, 0.29) is 11.9 Å². The molecule has 1 N–H and O–H groups in total. The molecule has 2 aliphatic rings. The van der Waals surface area contributed by atoms with Gasteiger partial charge in [0.2, 0.25) is 5.95 Å². The van der Waals surface area contributed by atoms with Gasteiger partial charge in [-0.05, 0) is 31.0 Å². The Balaban J connectivity index is 1.68. The molecule has 21 heavy (non-hydrogen) atoms. The van der Waals surface area contributed by atoms with Gasteiger partial charge in [0.25, 0.3) is 5.91 Å². The summed E-state index contributed by atoms with van der Waals surface area (Å²) in [5.74, 6) is 0.718. The van der Waals surface area contributed by atoms with Crippen LogP contribution in [0.15, 0.2) is 30.6 Å². The van der Waals surface area contributed by atoms with E-state index in [4.69, 9.17) is 0 Å². The molecular weight excluding hydrogens is 266 g/mol. The number of carbonyl (C=O) groups excluding carboxylic acids is 1. The maximum Gasteiger partial charge on any atom is 0.253 e. The molecule has 6 heteroatoms. The molecule has 1 atom stereocenters. The second-order valence-electron chi connectivity index (χ2n) is 5.31. The monoisotopic (exact) mass is 281 g/mol. The molecule has 0 aliphatic carbocycles. The van der Waals surface area contributed by atoms with E-state index in [1.165, 1.54) is 0 Å². The van der Waals surface area contributed by atoms with Crippen molar-refractivity contribution in [3.05, 3.63) is 47.5 Å². The quantitative estimate of drug-likeness (QED) is 0.902. The summed E-state index contributed by atoms with van der Waals surface area (Å²) in [7, 11) is 0. The summed E-state index contributed by atoms with van der Waals surface area (Å²) < 4.78 is 0. The van der Waals surface area contributed by atoms with E-state index in [0.29, 0.717) is 12.1 Å². The van der Waals surface area contributed by atoms with E-state index in [2.05, 4.69) is 25.2 Å². The zero-order valence-electron chi connectivity index (χ0n) is 11.5. The Bertz CT molecular complexity index is 688. The Labute approximate surface area is 122 Å². The minimum absolute atomic E-state index is 0.0290. The third-order valence-corrected chi connectivity index (χ3v) is 4.06. The van der Waals surface area contributed by atoms with Crippen molar-refractivity contribution in [3.63, 3.8) is 0 Å². The van der Waals surface area contributed by atoms with Crippen LogP contribution in [0.1, 0.15) is 40.6 Å². The fraction of sp³-hybridized carbons (Fsp3) is 0.333. The Morgan fingerprint density at radius 2 is 2.10 bits per heavy atom. The SMILES string of the molecule is O=C1NCc2nc([C@@H]3CCCN3c3ncccn3)ccc21. The van der Waals surface area contributed by atoms with Crippen LogP contribution in [0.5, 0.6) is 0 Å². The molecule has 4 heterocycles. The van der Waals surface area contributed by atoms with Crippen molar-refractivity contribution >= 4 is 11.9 Å². The lowest BCUT2D eigenvalue weighted by molar-refractivity contribution is 0.0966. The highest BCUT2D eigenvalue weighted by molar-refractivity contribution is 5.97. The van der Waals surface area contributed by atoms with Crippen LogP contribution in [0.2, 0.25) is 0 Å². The average Bonchev–Trinajstić information content (AvgIpc) is 3.15. The third-order valence-electron chi connectivity index (χ3n) is 4.06. The van der Waals surface area contributed by atoms with Gasteiger partial charge in [0, 0.05) is 18.9 Å². The number of hydrogen-bond acceptors (Lipinski definition) is 5. The minimum Gasteiger partial charge on any atom is -0.346 e.